The molecule has 4 heteroatoms. The molecule has 2 heterocycles. The first-order valence-corrected chi connectivity index (χ1v) is 4.22. The molecule has 56 valence electrons. The van der Waals surface area contributed by atoms with Crippen LogP contribution in [0.3, 0.4) is 0 Å². The highest BCUT2D eigenvalue weighted by Gasteiger charge is 1.98. The van der Waals surface area contributed by atoms with Gasteiger partial charge in [0, 0.05) is 23.5 Å². The second-order valence-corrected chi connectivity index (χ2v) is 3.40. The van der Waals surface area contributed by atoms with Crippen molar-refractivity contribution in [2.75, 3.05) is 0 Å². The first-order chi connectivity index (χ1) is 5.27. The van der Waals surface area contributed by atoms with Gasteiger partial charge in [-0.25, -0.2) is 4.98 Å². The van der Waals surface area contributed by atoms with Crippen molar-refractivity contribution in [1.82, 2.24) is 9.38 Å². The van der Waals surface area contributed by atoms with E-state index < -0.39 is 0 Å². The molecular weight excluding hydrogens is 227 g/mol. The first kappa shape index (κ1) is 7.13. The van der Waals surface area contributed by atoms with Gasteiger partial charge in [0.15, 0.2) is 0 Å². The zero-order chi connectivity index (χ0) is 7.84. The van der Waals surface area contributed by atoms with Crippen molar-refractivity contribution in [3.05, 3.63) is 34.2 Å². The predicted octanol–water partition coefficient (Wildman–Crippen LogP) is 2.75. The fourth-order valence-electron chi connectivity index (χ4n) is 0.951. The summed E-state index contributed by atoms with van der Waals surface area (Å²) in [6.07, 6.45) is 3.60. The van der Waals surface area contributed by atoms with Gasteiger partial charge in [0.1, 0.15) is 5.65 Å². The van der Waals surface area contributed by atoms with Crippen molar-refractivity contribution in [3.63, 3.8) is 0 Å². The van der Waals surface area contributed by atoms with Gasteiger partial charge in [0.05, 0.1) is 4.60 Å². The zero-order valence-corrected chi connectivity index (χ0v) is 7.80. The van der Waals surface area contributed by atoms with Gasteiger partial charge in [-0.2, -0.15) is 0 Å². The minimum absolute atomic E-state index is 0.690. The predicted molar refractivity (Wildman–Crippen MR) is 47.9 cm³/mol. The third-order valence-electron chi connectivity index (χ3n) is 1.42. The van der Waals surface area contributed by atoms with Gasteiger partial charge in [-0.15, -0.1) is 0 Å². The van der Waals surface area contributed by atoms with Crippen molar-refractivity contribution in [1.29, 1.82) is 0 Å². The monoisotopic (exact) mass is 230 g/mol. The molecule has 2 nitrogen and oxygen atoms in total. The van der Waals surface area contributed by atoms with E-state index in [-0.39, 0.29) is 0 Å². The Hall–Kier alpha value is -0.540. The number of rotatable bonds is 0. The molecule has 0 spiro atoms. The number of hydrogen-bond acceptors (Lipinski definition) is 1. The molecule has 0 atom stereocenters. The maximum Gasteiger partial charge on any atom is 0.139 e. The largest absolute Gasteiger partial charge is 0.294 e. The molecule has 11 heavy (non-hydrogen) atoms. The molecule has 0 saturated heterocycles. The number of nitrogens with zero attached hydrogens (tertiary/aromatic N) is 2. The number of fused-ring (bicyclic) bond motifs is 1. The SMILES string of the molecule is Clc1cc(Br)n2ccnc2c1. The molecular formula is C7H4BrClN2. The summed E-state index contributed by atoms with van der Waals surface area (Å²) < 4.78 is 2.82. The van der Waals surface area contributed by atoms with E-state index in [2.05, 4.69) is 20.9 Å². The summed E-state index contributed by atoms with van der Waals surface area (Å²) in [5, 5.41) is 0.690. The van der Waals surface area contributed by atoms with Crippen LogP contribution in [0.1, 0.15) is 0 Å². The van der Waals surface area contributed by atoms with Gasteiger partial charge in [-0.05, 0) is 22.0 Å². The van der Waals surface area contributed by atoms with E-state index >= 15 is 0 Å². The van der Waals surface area contributed by atoms with Crippen LogP contribution in [0.25, 0.3) is 5.65 Å². The van der Waals surface area contributed by atoms with Gasteiger partial charge in [0.2, 0.25) is 0 Å². The molecule has 2 aromatic rings. The smallest absolute Gasteiger partial charge is 0.139 e. The van der Waals surface area contributed by atoms with Crippen LogP contribution >= 0.6 is 27.5 Å². The van der Waals surface area contributed by atoms with Crippen LogP contribution in [0, 0.1) is 0 Å². The van der Waals surface area contributed by atoms with Gasteiger partial charge in [-0.3, -0.25) is 4.40 Å². The third-order valence-corrected chi connectivity index (χ3v) is 2.25. The summed E-state index contributed by atoms with van der Waals surface area (Å²) in [5.74, 6) is 0. The standard InChI is InChI=1S/C7H4BrClN2/c8-6-3-5(9)4-7-10-1-2-11(6)7/h1-4H. The van der Waals surface area contributed by atoms with E-state index in [9.17, 15) is 0 Å². The number of imidazole rings is 1. The molecule has 2 aromatic heterocycles. The highest BCUT2D eigenvalue weighted by atomic mass is 79.9. The van der Waals surface area contributed by atoms with E-state index in [1.54, 1.807) is 6.20 Å². The maximum atomic E-state index is 5.80. The van der Waals surface area contributed by atoms with Crippen molar-refractivity contribution >= 4 is 33.2 Å². The molecule has 0 fully saturated rings. The lowest BCUT2D eigenvalue weighted by molar-refractivity contribution is 1.14. The topological polar surface area (TPSA) is 17.3 Å². The minimum Gasteiger partial charge on any atom is -0.294 e. The van der Waals surface area contributed by atoms with Crippen molar-refractivity contribution in [2.45, 2.75) is 0 Å². The molecule has 0 radical (unpaired) electrons. The van der Waals surface area contributed by atoms with Crippen LogP contribution in [-0.2, 0) is 0 Å². The van der Waals surface area contributed by atoms with Crippen LogP contribution in [0.4, 0.5) is 0 Å². The second-order valence-electron chi connectivity index (χ2n) is 2.15. The van der Waals surface area contributed by atoms with Crippen LogP contribution < -0.4 is 0 Å². The molecule has 0 saturated carbocycles. The van der Waals surface area contributed by atoms with Gasteiger partial charge < -0.3 is 0 Å². The number of halogens is 2. The van der Waals surface area contributed by atoms with E-state index in [4.69, 9.17) is 11.6 Å². The van der Waals surface area contributed by atoms with Crippen molar-refractivity contribution in [3.8, 4) is 0 Å². The van der Waals surface area contributed by atoms with Crippen LogP contribution in [0.2, 0.25) is 5.02 Å². The van der Waals surface area contributed by atoms with Gasteiger partial charge in [-0.1, -0.05) is 11.6 Å². The van der Waals surface area contributed by atoms with Crippen molar-refractivity contribution < 1.29 is 0 Å². The molecule has 0 amide bonds. The third kappa shape index (κ3) is 1.14. The Bertz CT molecular complexity index is 396. The summed E-state index contributed by atoms with van der Waals surface area (Å²) in [5.41, 5.74) is 0.851. The number of hydrogen-bond donors (Lipinski definition) is 0. The second kappa shape index (κ2) is 2.50. The Morgan fingerprint density at radius 1 is 1.45 bits per heavy atom. The average Bonchev–Trinajstić information content (AvgIpc) is 2.34. The fourth-order valence-corrected chi connectivity index (χ4v) is 1.83. The van der Waals surface area contributed by atoms with Crippen LogP contribution in [0.5, 0.6) is 0 Å². The quantitative estimate of drug-likeness (QED) is 0.637. The summed E-state index contributed by atoms with van der Waals surface area (Å²) in [4.78, 5) is 4.09. The van der Waals surface area contributed by atoms with E-state index in [1.807, 2.05) is 22.7 Å². The Morgan fingerprint density at radius 2 is 2.27 bits per heavy atom. The Kier molecular flexibility index (Phi) is 1.62. The fraction of sp³-hybridized carbons (Fsp3) is 0. The van der Waals surface area contributed by atoms with E-state index in [0.717, 1.165) is 10.3 Å². The molecule has 0 aliphatic rings. The first-order valence-electron chi connectivity index (χ1n) is 3.05. The normalized spacial score (nSPS) is 10.7. The zero-order valence-electron chi connectivity index (χ0n) is 5.46. The molecule has 2 rings (SSSR count). The highest BCUT2D eigenvalue weighted by molar-refractivity contribution is 9.10. The van der Waals surface area contributed by atoms with Crippen LogP contribution in [0.15, 0.2) is 29.1 Å². The Morgan fingerprint density at radius 3 is 3.09 bits per heavy atom. The van der Waals surface area contributed by atoms with E-state index in [0.29, 0.717) is 5.02 Å². The van der Waals surface area contributed by atoms with Crippen molar-refractivity contribution in [2.24, 2.45) is 0 Å². The van der Waals surface area contributed by atoms with Gasteiger partial charge in [0.25, 0.3) is 0 Å². The molecule has 0 N–H and O–H groups in total. The highest BCUT2D eigenvalue weighted by Crippen LogP contribution is 2.18. The average molecular weight is 231 g/mol. The maximum absolute atomic E-state index is 5.80. The van der Waals surface area contributed by atoms with Crippen LogP contribution in [-0.4, -0.2) is 9.38 Å². The molecule has 0 aliphatic heterocycles. The van der Waals surface area contributed by atoms with E-state index in [1.165, 1.54) is 0 Å². The summed E-state index contributed by atoms with van der Waals surface area (Å²) >= 11 is 9.16. The Labute approximate surface area is 76.9 Å². The van der Waals surface area contributed by atoms with Gasteiger partial charge >= 0.3 is 0 Å². The lowest BCUT2D eigenvalue weighted by atomic mass is 10.5. The number of aromatic nitrogens is 2. The Balaban J connectivity index is 2.91. The minimum atomic E-state index is 0.690. The summed E-state index contributed by atoms with van der Waals surface area (Å²) in [6, 6.07) is 3.64. The summed E-state index contributed by atoms with van der Waals surface area (Å²) in [6.45, 7) is 0. The molecule has 0 aromatic carbocycles. The summed E-state index contributed by atoms with van der Waals surface area (Å²) in [7, 11) is 0. The molecule has 0 aliphatic carbocycles. The lowest BCUT2D eigenvalue weighted by Gasteiger charge is -1.97. The molecule has 0 bridgehead atoms. The number of pyridine rings is 1. The lowest BCUT2D eigenvalue weighted by Crippen LogP contribution is -1.84. The molecule has 0 unspecified atom stereocenters.